The van der Waals surface area contributed by atoms with E-state index in [1.54, 1.807) is 20.8 Å². The predicted octanol–water partition coefficient (Wildman–Crippen LogP) is 8.24. The van der Waals surface area contributed by atoms with Crippen molar-refractivity contribution in [1.29, 1.82) is 0 Å². The lowest BCUT2D eigenvalue weighted by Crippen LogP contribution is -2.55. The Morgan fingerprint density at radius 1 is 0.680 bits per heavy atom. The summed E-state index contributed by atoms with van der Waals surface area (Å²) in [6, 6.07) is -1.80. The average Bonchev–Trinajstić information content (AvgIpc) is 3.01. The Balaban J connectivity index is 4.56. The van der Waals surface area contributed by atoms with Gasteiger partial charge >= 0.3 is 12.1 Å². The molecule has 0 fully saturated rings. The van der Waals surface area contributed by atoms with Gasteiger partial charge in [0.05, 0.1) is 18.8 Å². The summed E-state index contributed by atoms with van der Waals surface area (Å²) in [5, 5.41) is 5.48. The molecule has 0 radical (unpaired) electrons. The molecule has 0 saturated heterocycles. The number of hydrogen-bond acceptors (Lipinski definition) is 9. The van der Waals surface area contributed by atoms with Crippen LogP contribution >= 0.6 is 11.8 Å². The van der Waals surface area contributed by atoms with Crippen LogP contribution in [0.2, 0.25) is 0 Å². The summed E-state index contributed by atoms with van der Waals surface area (Å²) in [7, 11) is 3.76. The van der Waals surface area contributed by atoms with Gasteiger partial charge in [-0.3, -0.25) is 14.4 Å². The standard InChI is InChI=1S/C39H75N3O7S/c1-10-11-12-13-14-15-16-17-18-19-20-21-22-23-28-47-35(44)25-24-29-50-31-33(41-37(46)49-39(5,6)7)36(45)40-32(30-48-38(2,3)4)34(43)26-27-42(8)9/h32-33H,10-31H2,1-9H3,(H,40,45)(H,41,46)/t32-,33-/m0/s1. The number of carbonyl (C=O) groups excluding carboxylic acids is 4. The van der Waals surface area contributed by atoms with Crippen LogP contribution in [0.5, 0.6) is 0 Å². The molecule has 0 heterocycles. The Morgan fingerprint density at radius 3 is 1.72 bits per heavy atom. The highest BCUT2D eigenvalue weighted by Crippen LogP contribution is 2.15. The number of ketones is 1. The molecule has 0 aromatic carbocycles. The highest BCUT2D eigenvalue weighted by Gasteiger charge is 2.29. The molecule has 0 aliphatic rings. The molecule has 50 heavy (non-hydrogen) atoms. The van der Waals surface area contributed by atoms with Gasteiger partial charge in [0, 0.05) is 25.1 Å². The van der Waals surface area contributed by atoms with Crippen molar-refractivity contribution >= 4 is 35.5 Å². The fourth-order valence-corrected chi connectivity index (χ4v) is 6.02. The van der Waals surface area contributed by atoms with E-state index in [0.717, 1.165) is 12.8 Å². The number of unbranched alkanes of at least 4 members (excludes halogenated alkanes) is 13. The molecular weight excluding hydrogens is 655 g/mol. The zero-order chi connectivity index (χ0) is 37.8. The van der Waals surface area contributed by atoms with Crippen molar-refractivity contribution in [2.75, 3.05) is 45.4 Å². The predicted molar refractivity (Wildman–Crippen MR) is 207 cm³/mol. The van der Waals surface area contributed by atoms with Crippen LogP contribution in [-0.4, -0.2) is 97.3 Å². The average molecular weight is 730 g/mol. The number of alkyl carbamates (subject to hydrolysis) is 1. The van der Waals surface area contributed by atoms with Gasteiger partial charge in [0.1, 0.15) is 17.7 Å². The highest BCUT2D eigenvalue weighted by molar-refractivity contribution is 7.99. The van der Waals surface area contributed by atoms with Crippen LogP contribution in [0.4, 0.5) is 4.79 Å². The van der Waals surface area contributed by atoms with Crippen LogP contribution < -0.4 is 10.6 Å². The van der Waals surface area contributed by atoms with Gasteiger partial charge in [0.15, 0.2) is 5.78 Å². The van der Waals surface area contributed by atoms with E-state index in [9.17, 15) is 19.2 Å². The number of rotatable bonds is 30. The minimum Gasteiger partial charge on any atom is -0.466 e. The molecule has 2 atom stereocenters. The number of carbonyl (C=O) groups is 4. The summed E-state index contributed by atoms with van der Waals surface area (Å²) in [5.41, 5.74) is -1.24. The first-order valence-corrected chi connectivity index (χ1v) is 20.5. The second-order valence-corrected chi connectivity index (χ2v) is 16.8. The third-order valence-corrected chi connectivity index (χ3v) is 9.06. The molecule has 10 nitrogen and oxygen atoms in total. The number of amides is 2. The van der Waals surface area contributed by atoms with Gasteiger partial charge in [-0.15, -0.1) is 0 Å². The summed E-state index contributed by atoms with van der Waals surface area (Å²) in [4.78, 5) is 53.2. The maximum Gasteiger partial charge on any atom is 0.408 e. The van der Waals surface area contributed by atoms with E-state index < -0.39 is 35.3 Å². The van der Waals surface area contributed by atoms with Crippen LogP contribution in [0.1, 0.15) is 158 Å². The molecule has 0 aromatic rings. The first-order chi connectivity index (χ1) is 23.5. The number of nitrogens with zero attached hydrogens (tertiary/aromatic N) is 1. The maximum atomic E-state index is 13.4. The monoisotopic (exact) mass is 730 g/mol. The fraction of sp³-hybridized carbons (Fsp3) is 0.897. The molecule has 11 heteroatoms. The van der Waals surface area contributed by atoms with Crippen molar-refractivity contribution in [2.24, 2.45) is 0 Å². The number of nitrogens with one attached hydrogen (secondary N) is 2. The minimum atomic E-state index is -0.944. The molecular formula is C39H75N3O7S. The minimum absolute atomic E-state index is 0.0231. The molecule has 0 unspecified atom stereocenters. The molecule has 294 valence electrons. The van der Waals surface area contributed by atoms with Crippen molar-refractivity contribution in [3.05, 3.63) is 0 Å². The molecule has 2 N–H and O–H groups in total. The van der Waals surface area contributed by atoms with E-state index in [1.165, 1.54) is 88.8 Å². The van der Waals surface area contributed by atoms with Crippen molar-refractivity contribution in [1.82, 2.24) is 15.5 Å². The second kappa shape index (κ2) is 28.7. The topological polar surface area (TPSA) is 123 Å². The Hall–Kier alpha value is -1.85. The molecule has 2 amide bonds. The Labute approximate surface area is 310 Å². The first-order valence-electron chi connectivity index (χ1n) is 19.4. The van der Waals surface area contributed by atoms with E-state index in [0.29, 0.717) is 31.7 Å². The van der Waals surface area contributed by atoms with E-state index in [2.05, 4.69) is 17.6 Å². The lowest BCUT2D eigenvalue weighted by Gasteiger charge is -2.27. The van der Waals surface area contributed by atoms with Gasteiger partial charge in [0.2, 0.25) is 5.91 Å². The SMILES string of the molecule is CCCCCCCCCCCCCCCCOC(=O)CCCSC[C@H](NC(=O)OC(C)(C)C)C(=O)N[C@@H](COC(C)(C)C)C(=O)CCN(C)C. The van der Waals surface area contributed by atoms with E-state index in [-0.39, 0.29) is 30.5 Å². The van der Waals surface area contributed by atoms with Crippen molar-refractivity contribution < 1.29 is 33.4 Å². The zero-order valence-corrected chi connectivity index (χ0v) is 34.2. The lowest BCUT2D eigenvalue weighted by molar-refractivity contribution is -0.143. The summed E-state index contributed by atoms with van der Waals surface area (Å²) in [5.74, 6) is 0.00728. The number of ether oxygens (including phenoxy) is 3. The van der Waals surface area contributed by atoms with Crippen LogP contribution in [0.3, 0.4) is 0 Å². The molecule has 0 aromatic heterocycles. The van der Waals surface area contributed by atoms with Gasteiger partial charge in [-0.2, -0.15) is 11.8 Å². The Morgan fingerprint density at radius 2 is 1.22 bits per heavy atom. The van der Waals surface area contributed by atoms with Crippen LogP contribution in [0.15, 0.2) is 0 Å². The number of hydrogen-bond donors (Lipinski definition) is 2. The smallest absolute Gasteiger partial charge is 0.408 e. The first kappa shape index (κ1) is 48.1. The van der Waals surface area contributed by atoms with Crippen LogP contribution in [-0.2, 0) is 28.6 Å². The van der Waals surface area contributed by atoms with Gasteiger partial charge < -0.3 is 29.7 Å². The van der Waals surface area contributed by atoms with Gasteiger partial charge in [-0.25, -0.2) is 4.79 Å². The molecule has 0 bridgehead atoms. The zero-order valence-electron chi connectivity index (χ0n) is 33.4. The van der Waals surface area contributed by atoms with Crippen molar-refractivity contribution in [3.63, 3.8) is 0 Å². The largest absolute Gasteiger partial charge is 0.466 e. The molecule has 0 aliphatic carbocycles. The van der Waals surface area contributed by atoms with Crippen molar-refractivity contribution in [3.8, 4) is 0 Å². The number of Topliss-reactive ketones (excluding diaryl/α,β-unsaturated/α-hetero) is 1. The number of thioether (sulfide) groups is 1. The maximum absolute atomic E-state index is 13.4. The van der Waals surface area contributed by atoms with Gasteiger partial charge in [0.25, 0.3) is 0 Å². The van der Waals surface area contributed by atoms with Gasteiger partial charge in [-0.1, -0.05) is 90.4 Å². The van der Waals surface area contributed by atoms with Crippen molar-refractivity contribution in [2.45, 2.75) is 181 Å². The van der Waals surface area contributed by atoms with Crippen LogP contribution in [0, 0.1) is 0 Å². The lowest BCUT2D eigenvalue weighted by atomic mass is 10.0. The Bertz CT molecular complexity index is 918. The normalized spacial score (nSPS) is 13.2. The quantitative estimate of drug-likeness (QED) is 0.0556. The highest BCUT2D eigenvalue weighted by atomic mass is 32.2. The van der Waals surface area contributed by atoms with Crippen LogP contribution in [0.25, 0.3) is 0 Å². The summed E-state index contributed by atoms with van der Waals surface area (Å²) >= 11 is 1.45. The molecule has 0 spiro atoms. The number of esters is 1. The second-order valence-electron chi connectivity index (χ2n) is 15.7. The fourth-order valence-electron chi connectivity index (χ4n) is 5.04. The third kappa shape index (κ3) is 30.9. The molecule has 0 aliphatic heterocycles. The molecule has 0 rings (SSSR count). The third-order valence-electron chi connectivity index (χ3n) is 7.92. The van der Waals surface area contributed by atoms with E-state index >= 15 is 0 Å². The Kier molecular flexibility index (Phi) is 27.6. The summed E-state index contributed by atoms with van der Waals surface area (Å²) in [6.45, 7) is 14.2. The van der Waals surface area contributed by atoms with E-state index in [1.807, 2.05) is 39.8 Å². The summed E-state index contributed by atoms with van der Waals surface area (Å²) < 4.78 is 16.7. The van der Waals surface area contributed by atoms with Gasteiger partial charge in [-0.05, 0) is 74.2 Å². The van der Waals surface area contributed by atoms with E-state index in [4.69, 9.17) is 14.2 Å². The molecule has 0 saturated carbocycles. The summed E-state index contributed by atoms with van der Waals surface area (Å²) in [6.07, 6.45) is 18.4.